The molecular weight excluding hydrogens is 629 g/mol. The molecule has 45 heavy (non-hydrogen) atoms. The molecule has 1 unspecified atom stereocenters. The Morgan fingerprint density at radius 1 is 1.18 bits per heavy atom. The molecule has 0 aliphatic heterocycles. The van der Waals surface area contributed by atoms with Crippen molar-refractivity contribution >= 4 is 38.9 Å². The predicted octanol–water partition coefficient (Wildman–Crippen LogP) is 5.98. The number of hydrogen-bond acceptors (Lipinski definition) is 9. The van der Waals surface area contributed by atoms with Crippen LogP contribution in [0.5, 0.6) is 0 Å². The van der Waals surface area contributed by atoms with Gasteiger partial charge in [0, 0.05) is 36.2 Å². The average molecular weight is 665 g/mol. The van der Waals surface area contributed by atoms with Crippen molar-refractivity contribution in [1.82, 2.24) is 20.3 Å². The van der Waals surface area contributed by atoms with Gasteiger partial charge < -0.3 is 15.7 Å². The number of carbonyl (C=O) groups excluding carboxylic acids is 1. The number of sulfonamides is 1. The van der Waals surface area contributed by atoms with E-state index in [1.165, 1.54) is 35.7 Å². The van der Waals surface area contributed by atoms with E-state index in [4.69, 9.17) is 10.1 Å². The molecule has 15 heteroatoms. The van der Waals surface area contributed by atoms with Crippen LogP contribution >= 0.6 is 11.3 Å². The number of halogens is 3. The van der Waals surface area contributed by atoms with Crippen molar-refractivity contribution in [2.24, 2.45) is 0 Å². The van der Waals surface area contributed by atoms with E-state index in [0.29, 0.717) is 15.6 Å². The largest absolute Gasteiger partial charge is 0.396 e. The minimum atomic E-state index is -4.49. The molecule has 1 atom stereocenters. The Morgan fingerprint density at radius 3 is 2.58 bits per heavy atom. The van der Waals surface area contributed by atoms with Gasteiger partial charge >= 0.3 is 0 Å². The van der Waals surface area contributed by atoms with Crippen molar-refractivity contribution < 1.29 is 31.5 Å². The first kappa shape index (κ1) is 35.4. The number of carbonyl (C=O) groups is 1. The molecule has 0 aliphatic carbocycles. The van der Waals surface area contributed by atoms with E-state index in [-0.39, 0.29) is 54.1 Å². The third kappa shape index (κ3) is 10.5. The summed E-state index contributed by atoms with van der Waals surface area (Å²) in [6, 6.07) is 5.41. The summed E-state index contributed by atoms with van der Waals surface area (Å²) in [5.74, 6) is -2.78. The number of benzene rings is 1. The van der Waals surface area contributed by atoms with Crippen LogP contribution in [-0.4, -0.2) is 53.6 Å². The summed E-state index contributed by atoms with van der Waals surface area (Å²) in [4.78, 5) is 25.8. The Hall–Kier alpha value is -4.08. The maximum Gasteiger partial charge on any atom is 0.258 e. The maximum atomic E-state index is 15.9. The van der Waals surface area contributed by atoms with Gasteiger partial charge in [-0.05, 0) is 44.2 Å². The summed E-state index contributed by atoms with van der Waals surface area (Å²) in [6.45, 7) is 8.79. The van der Waals surface area contributed by atoms with Gasteiger partial charge in [-0.1, -0.05) is 32.9 Å². The van der Waals surface area contributed by atoms with Crippen molar-refractivity contribution in [2.75, 3.05) is 23.2 Å². The number of aromatic nitrogens is 3. The van der Waals surface area contributed by atoms with Crippen LogP contribution in [0.4, 0.5) is 24.8 Å². The van der Waals surface area contributed by atoms with E-state index in [2.05, 4.69) is 20.6 Å². The first-order valence-corrected chi connectivity index (χ1v) is 16.1. The van der Waals surface area contributed by atoms with E-state index < -0.39 is 38.6 Å². The summed E-state index contributed by atoms with van der Waals surface area (Å²) < 4.78 is 70.1. The number of rotatable bonds is 13. The molecule has 242 valence electrons. The van der Waals surface area contributed by atoms with Gasteiger partial charge in [-0.15, -0.1) is 11.3 Å². The second-order valence-electron chi connectivity index (χ2n) is 11.0. The Labute approximate surface area is 264 Å². The molecule has 2 aromatic heterocycles. The van der Waals surface area contributed by atoms with Gasteiger partial charge in [0.1, 0.15) is 5.83 Å². The molecule has 0 fully saturated rings. The van der Waals surface area contributed by atoms with Crippen molar-refractivity contribution in [1.29, 1.82) is 0 Å². The van der Waals surface area contributed by atoms with Crippen LogP contribution in [0.3, 0.4) is 0 Å². The fourth-order valence-electron chi connectivity index (χ4n) is 3.75. The summed E-state index contributed by atoms with van der Waals surface area (Å²) in [5, 5.41) is 15.6. The van der Waals surface area contributed by atoms with E-state index in [1.807, 2.05) is 25.5 Å². The summed E-state index contributed by atoms with van der Waals surface area (Å²) in [5.41, 5.74) is -0.227. The quantitative estimate of drug-likeness (QED) is 0.163. The van der Waals surface area contributed by atoms with Crippen LogP contribution in [0, 0.1) is 5.82 Å². The van der Waals surface area contributed by atoms with E-state index >= 15 is 4.39 Å². The highest BCUT2D eigenvalue weighted by molar-refractivity contribution is 7.95. The maximum absolute atomic E-state index is 15.9. The van der Waals surface area contributed by atoms with E-state index in [9.17, 15) is 22.0 Å². The Morgan fingerprint density at radius 2 is 1.91 bits per heavy atom. The van der Waals surface area contributed by atoms with Crippen molar-refractivity contribution in [3.05, 3.63) is 76.6 Å². The fraction of sp³-hybridized carbons (Fsp3) is 0.333. The summed E-state index contributed by atoms with van der Waals surface area (Å²) >= 11 is 1.29. The molecule has 0 bridgehead atoms. The van der Waals surface area contributed by atoms with Crippen LogP contribution < -0.4 is 15.4 Å². The Kier molecular flexibility index (Phi) is 12.0. The van der Waals surface area contributed by atoms with Crippen molar-refractivity contribution in [3.63, 3.8) is 0 Å². The first-order chi connectivity index (χ1) is 21.1. The number of aliphatic hydroxyl groups is 1. The van der Waals surface area contributed by atoms with Gasteiger partial charge in [0.05, 0.1) is 44.8 Å². The molecule has 0 saturated heterocycles. The van der Waals surface area contributed by atoms with Gasteiger partial charge in [-0.2, -0.15) is 0 Å². The average Bonchev–Trinajstić information content (AvgIpc) is 3.39. The number of aliphatic hydroxyl groups excluding tert-OH is 1. The lowest BCUT2D eigenvalue weighted by Gasteiger charge is -2.14. The second kappa shape index (κ2) is 15.3. The molecule has 3 aromatic rings. The van der Waals surface area contributed by atoms with Crippen LogP contribution in [0.15, 0.2) is 65.8 Å². The number of amides is 1. The molecule has 1 aromatic carbocycles. The molecule has 0 radical (unpaired) electrons. The zero-order chi connectivity index (χ0) is 33.4. The Balaban J connectivity index is 1.97. The van der Waals surface area contributed by atoms with Crippen LogP contribution in [-0.2, 0) is 20.2 Å². The van der Waals surface area contributed by atoms with Gasteiger partial charge in [0.2, 0.25) is 11.9 Å². The minimum absolute atomic E-state index is 0.0100. The number of allylic oxidation sites excluding steroid dienone is 5. The number of anilines is 2. The summed E-state index contributed by atoms with van der Waals surface area (Å²) in [6.07, 6.45) is 4.21. The molecule has 0 saturated carbocycles. The van der Waals surface area contributed by atoms with Crippen LogP contribution in [0.1, 0.15) is 46.0 Å². The molecule has 0 spiro atoms. The smallest absolute Gasteiger partial charge is 0.258 e. The predicted molar refractivity (Wildman–Crippen MR) is 171 cm³/mol. The fourth-order valence-corrected chi connectivity index (χ4v) is 5.75. The molecule has 1 amide bonds. The molecular formula is C30H35F3N6O4S2. The zero-order valence-electron chi connectivity index (χ0n) is 25.4. The summed E-state index contributed by atoms with van der Waals surface area (Å²) in [7, 11) is -4.49. The SMILES string of the molecule is C\C(F)=C/C=C\C(F)=C\S(=O)(=O)Nc1cccc(-c2nc(C(C)(C)C)sc2-c2ccnc(NCC(C)NC(=O)CCO)n2)c1F. The molecule has 4 N–H and O–H groups in total. The number of thiazole rings is 1. The number of hydrogen-bond donors (Lipinski definition) is 4. The molecule has 0 aliphatic rings. The number of nitrogens with zero attached hydrogens (tertiary/aromatic N) is 3. The third-order valence-corrected chi connectivity index (χ3v) is 8.37. The monoisotopic (exact) mass is 664 g/mol. The molecule has 10 nitrogen and oxygen atoms in total. The molecule has 2 heterocycles. The zero-order valence-corrected chi connectivity index (χ0v) is 27.0. The van der Waals surface area contributed by atoms with Gasteiger partial charge in [-0.3, -0.25) is 9.52 Å². The first-order valence-electron chi connectivity index (χ1n) is 13.8. The normalized spacial score (nSPS) is 13.6. The van der Waals surface area contributed by atoms with Crippen LogP contribution in [0.25, 0.3) is 21.8 Å². The lowest BCUT2D eigenvalue weighted by molar-refractivity contribution is -0.122. The Bertz CT molecular complexity index is 1710. The lowest BCUT2D eigenvalue weighted by Crippen LogP contribution is -2.37. The topological polar surface area (TPSA) is 146 Å². The van der Waals surface area contributed by atoms with E-state index in [1.54, 1.807) is 13.0 Å². The van der Waals surface area contributed by atoms with Gasteiger partial charge in [0.15, 0.2) is 5.82 Å². The van der Waals surface area contributed by atoms with E-state index in [0.717, 1.165) is 25.2 Å². The van der Waals surface area contributed by atoms with Crippen molar-refractivity contribution in [2.45, 2.75) is 52.5 Å². The number of nitrogens with one attached hydrogen (secondary N) is 3. The van der Waals surface area contributed by atoms with Gasteiger partial charge in [0.25, 0.3) is 10.0 Å². The van der Waals surface area contributed by atoms with Crippen molar-refractivity contribution in [3.8, 4) is 21.8 Å². The highest BCUT2D eigenvalue weighted by Crippen LogP contribution is 2.42. The van der Waals surface area contributed by atoms with Gasteiger partial charge in [-0.25, -0.2) is 36.5 Å². The molecule has 3 rings (SSSR count). The minimum Gasteiger partial charge on any atom is -0.396 e. The third-order valence-electron chi connectivity index (χ3n) is 5.82. The highest BCUT2D eigenvalue weighted by Gasteiger charge is 2.26. The highest BCUT2D eigenvalue weighted by atomic mass is 32.2. The van der Waals surface area contributed by atoms with Crippen LogP contribution in [0.2, 0.25) is 0 Å². The second-order valence-corrected chi connectivity index (χ2v) is 13.5. The lowest BCUT2D eigenvalue weighted by atomic mass is 9.98. The standard InChI is InChI=1S/C30H35F3N6O4S2/c1-18(31)8-6-9-20(32)17-45(42,43)39-22-11-7-10-21(25(22)33)26-27(44-28(38-26)30(3,4)5)23-12-14-34-29(37-23)35-16-19(2)36-24(41)13-15-40/h6-12,14,17,19,39-40H,13,15-16H2,1-5H3,(H,36,41)(H,34,35,37)/b9-6-,18-8+,20-17-.